The Morgan fingerprint density at radius 3 is 3.11 bits per heavy atom. The third kappa shape index (κ3) is 1.68. The number of carbonyl (C=O) groups is 1. The predicted molar refractivity (Wildman–Crippen MR) is 63.5 cm³/mol. The second-order valence-electron chi connectivity index (χ2n) is 4.50. The summed E-state index contributed by atoms with van der Waals surface area (Å²) in [5.74, 6) is 0.359. The molecule has 1 aliphatic rings. The fraction of sp³-hybridized carbons (Fsp3) is 0.455. The van der Waals surface area contributed by atoms with Crippen molar-refractivity contribution in [2.75, 3.05) is 18.0 Å². The molecule has 1 atom stereocenters. The van der Waals surface area contributed by atoms with E-state index in [-0.39, 0.29) is 5.92 Å². The van der Waals surface area contributed by atoms with E-state index in [4.69, 9.17) is 5.11 Å². The third-order valence-electron chi connectivity index (χ3n) is 3.22. The van der Waals surface area contributed by atoms with Crippen molar-refractivity contribution in [2.24, 2.45) is 5.92 Å². The number of carboxylic acid groups (broad SMARTS) is 1. The Hall–Kier alpha value is -2.18. The Morgan fingerprint density at radius 2 is 2.39 bits per heavy atom. The summed E-state index contributed by atoms with van der Waals surface area (Å²) in [7, 11) is 0. The highest BCUT2D eigenvalue weighted by Gasteiger charge is 2.29. The second kappa shape index (κ2) is 3.94. The van der Waals surface area contributed by atoms with E-state index in [1.54, 1.807) is 4.52 Å². The molecule has 1 fully saturated rings. The number of carboxylic acids is 1. The predicted octanol–water partition coefficient (Wildman–Crippen LogP) is 0.344. The van der Waals surface area contributed by atoms with Gasteiger partial charge in [0, 0.05) is 24.8 Å². The maximum absolute atomic E-state index is 11.0. The zero-order valence-electron chi connectivity index (χ0n) is 9.94. The fourth-order valence-electron chi connectivity index (χ4n) is 2.31. The van der Waals surface area contributed by atoms with Crippen LogP contribution in [0, 0.1) is 12.8 Å². The molecule has 0 aromatic carbocycles. The maximum atomic E-state index is 11.0. The molecule has 0 bridgehead atoms. The minimum Gasteiger partial charge on any atom is -0.481 e. The molecule has 94 valence electrons. The van der Waals surface area contributed by atoms with Gasteiger partial charge in [-0.25, -0.2) is 4.98 Å². The lowest BCUT2D eigenvalue weighted by Crippen LogP contribution is -2.25. The van der Waals surface area contributed by atoms with Crippen molar-refractivity contribution in [1.29, 1.82) is 0 Å². The lowest BCUT2D eigenvalue weighted by molar-refractivity contribution is -0.140. The Morgan fingerprint density at radius 1 is 1.56 bits per heavy atom. The van der Waals surface area contributed by atoms with Gasteiger partial charge in [0.2, 0.25) is 0 Å². The first kappa shape index (κ1) is 10.9. The Balaban J connectivity index is 1.99. The number of aromatic nitrogens is 4. The van der Waals surface area contributed by atoms with E-state index in [0.717, 1.165) is 18.1 Å². The van der Waals surface area contributed by atoms with Gasteiger partial charge >= 0.3 is 5.97 Å². The van der Waals surface area contributed by atoms with Crippen LogP contribution < -0.4 is 4.90 Å². The van der Waals surface area contributed by atoms with Crippen LogP contribution in [0.2, 0.25) is 0 Å². The molecule has 2 aromatic rings. The van der Waals surface area contributed by atoms with Crippen LogP contribution in [0.3, 0.4) is 0 Å². The van der Waals surface area contributed by atoms with Crippen molar-refractivity contribution in [3.05, 3.63) is 18.1 Å². The lowest BCUT2D eigenvalue weighted by Gasteiger charge is -2.18. The average Bonchev–Trinajstić information content (AvgIpc) is 2.95. The number of hydrogen-bond acceptors (Lipinski definition) is 5. The topological polar surface area (TPSA) is 83.6 Å². The van der Waals surface area contributed by atoms with Gasteiger partial charge < -0.3 is 10.0 Å². The molecule has 0 amide bonds. The molecule has 7 heteroatoms. The Labute approximate surface area is 103 Å². The molecule has 0 aliphatic carbocycles. The van der Waals surface area contributed by atoms with Gasteiger partial charge in [-0.2, -0.15) is 14.6 Å². The van der Waals surface area contributed by atoms with E-state index in [1.807, 2.05) is 17.9 Å². The van der Waals surface area contributed by atoms with Crippen LogP contribution in [0.5, 0.6) is 0 Å². The minimum absolute atomic E-state index is 0.308. The summed E-state index contributed by atoms with van der Waals surface area (Å²) < 4.78 is 1.65. The van der Waals surface area contributed by atoms with E-state index in [2.05, 4.69) is 15.1 Å². The van der Waals surface area contributed by atoms with Crippen molar-refractivity contribution >= 4 is 17.6 Å². The molecule has 3 rings (SSSR count). The summed E-state index contributed by atoms with van der Waals surface area (Å²) in [4.78, 5) is 21.3. The number of aryl methyl sites for hydroxylation is 1. The Kier molecular flexibility index (Phi) is 2.39. The highest BCUT2D eigenvalue weighted by molar-refractivity contribution is 5.72. The normalized spacial score (nSPS) is 19.6. The second-order valence-corrected chi connectivity index (χ2v) is 4.50. The summed E-state index contributed by atoms with van der Waals surface area (Å²) in [5, 5.41) is 13.2. The molecular weight excluding hydrogens is 234 g/mol. The smallest absolute Gasteiger partial charge is 0.308 e. The highest BCUT2D eigenvalue weighted by atomic mass is 16.4. The molecule has 0 radical (unpaired) electrons. The first-order chi connectivity index (χ1) is 8.65. The molecule has 3 heterocycles. The fourth-order valence-corrected chi connectivity index (χ4v) is 2.31. The number of fused-ring (bicyclic) bond motifs is 1. The van der Waals surface area contributed by atoms with Crippen LogP contribution in [-0.2, 0) is 4.79 Å². The monoisotopic (exact) mass is 247 g/mol. The standard InChI is InChI=1S/C11H13N5O2/c1-7-4-9(16-11(14-7)12-6-13-16)15-3-2-8(5-15)10(17)18/h4,6,8H,2-3,5H2,1H3,(H,17,18)/t8-/m1/s1. The molecule has 0 spiro atoms. The molecule has 1 N–H and O–H groups in total. The zero-order valence-corrected chi connectivity index (χ0v) is 9.94. The summed E-state index contributed by atoms with van der Waals surface area (Å²) in [6, 6.07) is 1.91. The Bertz CT molecular complexity index is 608. The van der Waals surface area contributed by atoms with Crippen LogP contribution in [0.25, 0.3) is 5.78 Å². The van der Waals surface area contributed by atoms with Crippen LogP contribution in [0.15, 0.2) is 12.4 Å². The molecule has 2 aromatic heterocycles. The number of nitrogens with zero attached hydrogens (tertiary/aromatic N) is 5. The average molecular weight is 247 g/mol. The van der Waals surface area contributed by atoms with Crippen molar-refractivity contribution in [2.45, 2.75) is 13.3 Å². The summed E-state index contributed by atoms with van der Waals surface area (Å²) >= 11 is 0. The van der Waals surface area contributed by atoms with E-state index in [1.165, 1.54) is 6.33 Å². The summed E-state index contributed by atoms with van der Waals surface area (Å²) in [5.41, 5.74) is 0.851. The molecule has 1 aliphatic heterocycles. The highest BCUT2D eigenvalue weighted by Crippen LogP contribution is 2.24. The molecule has 0 unspecified atom stereocenters. The number of aliphatic carboxylic acids is 1. The third-order valence-corrected chi connectivity index (χ3v) is 3.22. The van der Waals surface area contributed by atoms with Crippen LogP contribution in [0.4, 0.5) is 5.82 Å². The summed E-state index contributed by atoms with van der Waals surface area (Å²) in [6.07, 6.45) is 2.11. The van der Waals surface area contributed by atoms with Crippen molar-refractivity contribution in [1.82, 2.24) is 19.6 Å². The van der Waals surface area contributed by atoms with E-state index >= 15 is 0 Å². The van der Waals surface area contributed by atoms with Crippen molar-refractivity contribution in [3.8, 4) is 0 Å². The quantitative estimate of drug-likeness (QED) is 0.824. The lowest BCUT2D eigenvalue weighted by atomic mass is 10.1. The van der Waals surface area contributed by atoms with Gasteiger partial charge in [0.25, 0.3) is 5.78 Å². The van der Waals surface area contributed by atoms with Gasteiger partial charge in [0.15, 0.2) is 0 Å². The number of rotatable bonds is 2. The zero-order chi connectivity index (χ0) is 12.7. The first-order valence-corrected chi connectivity index (χ1v) is 5.80. The molecular formula is C11H13N5O2. The maximum Gasteiger partial charge on any atom is 0.308 e. The van der Waals surface area contributed by atoms with Crippen LogP contribution in [-0.4, -0.2) is 43.7 Å². The SMILES string of the molecule is Cc1cc(N2CC[C@@H](C(=O)O)C2)n2ncnc2n1. The van der Waals surface area contributed by atoms with Gasteiger partial charge in [0.05, 0.1) is 5.92 Å². The van der Waals surface area contributed by atoms with Gasteiger partial charge in [-0.15, -0.1) is 0 Å². The van der Waals surface area contributed by atoms with Crippen molar-refractivity contribution < 1.29 is 9.90 Å². The van der Waals surface area contributed by atoms with Gasteiger partial charge in [-0.3, -0.25) is 4.79 Å². The van der Waals surface area contributed by atoms with Crippen molar-refractivity contribution in [3.63, 3.8) is 0 Å². The largest absolute Gasteiger partial charge is 0.481 e. The van der Waals surface area contributed by atoms with Gasteiger partial charge in [0.1, 0.15) is 12.1 Å². The van der Waals surface area contributed by atoms with Gasteiger partial charge in [-0.05, 0) is 13.3 Å². The summed E-state index contributed by atoms with van der Waals surface area (Å²) in [6.45, 7) is 3.12. The van der Waals surface area contributed by atoms with Crippen LogP contribution in [0.1, 0.15) is 12.1 Å². The van der Waals surface area contributed by atoms with Crippen LogP contribution >= 0.6 is 0 Å². The molecule has 18 heavy (non-hydrogen) atoms. The first-order valence-electron chi connectivity index (χ1n) is 5.80. The molecule has 0 saturated carbocycles. The number of hydrogen-bond donors (Lipinski definition) is 1. The number of anilines is 1. The van der Waals surface area contributed by atoms with E-state index in [9.17, 15) is 4.79 Å². The minimum atomic E-state index is -0.738. The molecule has 7 nitrogen and oxygen atoms in total. The van der Waals surface area contributed by atoms with Gasteiger partial charge in [-0.1, -0.05) is 0 Å². The van der Waals surface area contributed by atoms with E-state index < -0.39 is 5.97 Å². The molecule has 1 saturated heterocycles. The van der Waals surface area contributed by atoms with E-state index in [0.29, 0.717) is 18.7 Å².